The number of ether oxygens (including phenoxy) is 1. The molecule has 1 aliphatic rings. The highest BCUT2D eigenvalue weighted by atomic mass is 32.1. The van der Waals surface area contributed by atoms with Gasteiger partial charge in [0.25, 0.3) is 0 Å². The summed E-state index contributed by atoms with van der Waals surface area (Å²) in [6.45, 7) is 2.12. The molecule has 0 radical (unpaired) electrons. The maximum absolute atomic E-state index is 11.8. The normalized spacial score (nSPS) is 18.3. The number of rotatable bonds is 6. The highest BCUT2D eigenvalue weighted by molar-refractivity contribution is 7.80. The largest absolute Gasteiger partial charge is 0.375 e. The molecular formula is C22H22N4O2S2. The van der Waals surface area contributed by atoms with E-state index in [1.54, 1.807) is 17.5 Å². The van der Waals surface area contributed by atoms with Gasteiger partial charge in [0.1, 0.15) is 6.61 Å². The Bertz CT molecular complexity index is 1040. The first-order valence-corrected chi connectivity index (χ1v) is 10.7. The summed E-state index contributed by atoms with van der Waals surface area (Å²) >= 11 is 7.49. The summed E-state index contributed by atoms with van der Waals surface area (Å²) in [5.41, 5.74) is 2.61. The maximum Gasteiger partial charge on any atom is 0.250 e. The minimum Gasteiger partial charge on any atom is -0.375 e. The number of thiocarbonyl (C=S) groups is 1. The van der Waals surface area contributed by atoms with E-state index in [-0.39, 0.29) is 24.6 Å². The quantitative estimate of drug-likeness (QED) is 0.562. The fraction of sp³-hybridized carbons (Fsp3) is 0.227. The molecule has 0 aliphatic carbocycles. The molecule has 30 heavy (non-hydrogen) atoms. The van der Waals surface area contributed by atoms with Crippen LogP contribution in [0.15, 0.2) is 60.8 Å². The fourth-order valence-electron chi connectivity index (χ4n) is 3.57. The Kier molecular flexibility index (Phi) is 6.08. The van der Waals surface area contributed by atoms with Crippen LogP contribution < -0.4 is 15.5 Å². The first-order valence-electron chi connectivity index (χ1n) is 9.52. The number of benzene rings is 1. The third kappa shape index (κ3) is 4.21. The van der Waals surface area contributed by atoms with E-state index >= 15 is 0 Å². The molecule has 1 saturated heterocycles. The van der Waals surface area contributed by atoms with Crippen molar-refractivity contribution < 1.29 is 9.53 Å². The molecule has 1 fully saturated rings. The minimum atomic E-state index is -0.189. The first kappa shape index (κ1) is 20.5. The Morgan fingerprint density at radius 1 is 1.23 bits per heavy atom. The fourth-order valence-corrected chi connectivity index (χ4v) is 4.92. The lowest BCUT2D eigenvalue weighted by Gasteiger charge is -2.27. The Balaban J connectivity index is 1.67. The number of carbonyl (C=O) groups excluding carboxylic acids is 1. The third-order valence-corrected chi connectivity index (χ3v) is 6.24. The van der Waals surface area contributed by atoms with Crippen LogP contribution in [0.25, 0.3) is 0 Å². The number of anilines is 2. The van der Waals surface area contributed by atoms with Crippen LogP contribution in [0.4, 0.5) is 11.4 Å². The molecule has 154 valence electrons. The monoisotopic (exact) mass is 438 g/mol. The molecule has 8 heteroatoms. The molecule has 2 N–H and O–H groups in total. The van der Waals surface area contributed by atoms with E-state index in [1.165, 1.54) is 16.9 Å². The number of methoxy groups -OCH3 is 1. The summed E-state index contributed by atoms with van der Waals surface area (Å²) < 4.78 is 4.86. The number of nitrogens with zero attached hydrogens (tertiary/aromatic N) is 2. The van der Waals surface area contributed by atoms with Crippen LogP contribution >= 0.6 is 23.6 Å². The summed E-state index contributed by atoms with van der Waals surface area (Å²) in [5.74, 6) is -0.189. The highest BCUT2D eigenvalue weighted by Gasteiger charge is 2.41. The van der Waals surface area contributed by atoms with Crippen molar-refractivity contribution in [2.24, 2.45) is 0 Å². The van der Waals surface area contributed by atoms with E-state index in [0.717, 1.165) is 11.4 Å². The van der Waals surface area contributed by atoms with Crippen LogP contribution in [0.1, 0.15) is 27.5 Å². The van der Waals surface area contributed by atoms with Crippen molar-refractivity contribution in [3.8, 4) is 0 Å². The second-order valence-electron chi connectivity index (χ2n) is 6.97. The zero-order valence-corrected chi connectivity index (χ0v) is 18.3. The molecule has 0 bridgehead atoms. The molecule has 2 aromatic heterocycles. The van der Waals surface area contributed by atoms with Crippen molar-refractivity contribution in [1.29, 1.82) is 0 Å². The van der Waals surface area contributed by atoms with Gasteiger partial charge in [-0.05, 0) is 67.7 Å². The summed E-state index contributed by atoms with van der Waals surface area (Å²) in [7, 11) is 1.49. The van der Waals surface area contributed by atoms with E-state index in [2.05, 4.69) is 39.6 Å². The van der Waals surface area contributed by atoms with Crippen molar-refractivity contribution >= 4 is 45.9 Å². The molecule has 2 atom stereocenters. The number of hydrogen-bond donors (Lipinski definition) is 2. The van der Waals surface area contributed by atoms with Crippen molar-refractivity contribution in [1.82, 2.24) is 10.3 Å². The lowest BCUT2D eigenvalue weighted by molar-refractivity contribution is -0.119. The second kappa shape index (κ2) is 8.91. The molecule has 2 unspecified atom stereocenters. The number of carbonyl (C=O) groups is 1. The van der Waals surface area contributed by atoms with E-state index in [4.69, 9.17) is 17.0 Å². The van der Waals surface area contributed by atoms with Crippen molar-refractivity contribution in [3.63, 3.8) is 0 Å². The van der Waals surface area contributed by atoms with Gasteiger partial charge in [0.2, 0.25) is 5.91 Å². The maximum atomic E-state index is 11.8. The van der Waals surface area contributed by atoms with Crippen LogP contribution in [0.5, 0.6) is 0 Å². The molecule has 0 spiro atoms. The van der Waals surface area contributed by atoms with Crippen molar-refractivity contribution in [2.45, 2.75) is 19.0 Å². The smallest absolute Gasteiger partial charge is 0.250 e. The van der Waals surface area contributed by atoms with Gasteiger partial charge in [-0.1, -0.05) is 6.07 Å². The van der Waals surface area contributed by atoms with Crippen LogP contribution in [0.2, 0.25) is 0 Å². The number of pyridine rings is 1. The standard InChI is InChI=1S/C22H22N4O2S2/c1-14-6-11-18(30-14)21-20(17-5-3-4-12-23-17)25-22(29)26(21)16-9-7-15(8-10-16)24-19(27)13-28-2/h3-12,20-21H,13H2,1-2H3,(H,24,27)(H,25,29). The zero-order chi connectivity index (χ0) is 21.1. The number of amides is 1. The van der Waals surface area contributed by atoms with Gasteiger partial charge >= 0.3 is 0 Å². The topological polar surface area (TPSA) is 66.5 Å². The average molecular weight is 439 g/mol. The van der Waals surface area contributed by atoms with Gasteiger partial charge in [0.05, 0.1) is 17.8 Å². The molecule has 3 aromatic rings. The number of aryl methyl sites for hydroxylation is 1. The van der Waals surface area contributed by atoms with Gasteiger partial charge in [-0.15, -0.1) is 11.3 Å². The number of nitrogens with one attached hydrogen (secondary N) is 2. The lowest BCUT2D eigenvalue weighted by atomic mass is 10.0. The predicted molar refractivity (Wildman–Crippen MR) is 124 cm³/mol. The molecule has 6 nitrogen and oxygen atoms in total. The number of hydrogen-bond acceptors (Lipinski definition) is 5. The molecular weight excluding hydrogens is 416 g/mol. The Labute approximate surface area is 184 Å². The highest BCUT2D eigenvalue weighted by Crippen LogP contribution is 2.43. The Hall–Kier alpha value is -2.81. The van der Waals surface area contributed by atoms with Crippen LogP contribution in [0, 0.1) is 6.92 Å². The van der Waals surface area contributed by atoms with E-state index in [9.17, 15) is 4.79 Å². The predicted octanol–water partition coefficient (Wildman–Crippen LogP) is 4.21. The van der Waals surface area contributed by atoms with Gasteiger partial charge in [-0.25, -0.2) is 0 Å². The van der Waals surface area contributed by atoms with Crippen LogP contribution in [0.3, 0.4) is 0 Å². The van der Waals surface area contributed by atoms with Crippen molar-refractivity contribution in [2.75, 3.05) is 23.9 Å². The van der Waals surface area contributed by atoms with E-state index in [1.807, 2.05) is 42.5 Å². The van der Waals surface area contributed by atoms with E-state index in [0.29, 0.717) is 10.8 Å². The molecule has 0 saturated carbocycles. The summed E-state index contributed by atoms with van der Waals surface area (Å²) in [6.07, 6.45) is 1.80. The summed E-state index contributed by atoms with van der Waals surface area (Å²) in [6, 6.07) is 17.8. The number of thiophene rings is 1. The summed E-state index contributed by atoms with van der Waals surface area (Å²) in [4.78, 5) is 20.9. The molecule has 1 amide bonds. The molecule has 1 aromatic carbocycles. The van der Waals surface area contributed by atoms with E-state index < -0.39 is 0 Å². The Morgan fingerprint density at radius 3 is 2.67 bits per heavy atom. The molecule has 3 heterocycles. The summed E-state index contributed by atoms with van der Waals surface area (Å²) in [5, 5.41) is 6.92. The first-order chi connectivity index (χ1) is 14.6. The molecule has 1 aliphatic heterocycles. The third-order valence-electron chi connectivity index (χ3n) is 4.86. The SMILES string of the molecule is COCC(=O)Nc1ccc(N2C(=S)NC(c3ccccn3)C2c2ccc(C)s2)cc1. The zero-order valence-electron chi connectivity index (χ0n) is 16.7. The van der Waals surface area contributed by atoms with Gasteiger partial charge < -0.3 is 20.3 Å². The average Bonchev–Trinajstić information content (AvgIpc) is 3.32. The van der Waals surface area contributed by atoms with Gasteiger partial charge in [-0.3, -0.25) is 9.78 Å². The van der Waals surface area contributed by atoms with Crippen LogP contribution in [-0.2, 0) is 9.53 Å². The van der Waals surface area contributed by atoms with Gasteiger partial charge in [0.15, 0.2) is 5.11 Å². The Morgan fingerprint density at radius 2 is 2.03 bits per heavy atom. The van der Waals surface area contributed by atoms with Crippen LogP contribution in [-0.4, -0.2) is 29.7 Å². The van der Waals surface area contributed by atoms with Gasteiger partial charge in [0, 0.05) is 34.4 Å². The number of aromatic nitrogens is 1. The minimum absolute atomic E-state index is 0.0139. The lowest BCUT2D eigenvalue weighted by Crippen LogP contribution is -2.29. The second-order valence-corrected chi connectivity index (χ2v) is 8.68. The van der Waals surface area contributed by atoms with Gasteiger partial charge in [-0.2, -0.15) is 0 Å². The van der Waals surface area contributed by atoms with Crippen molar-refractivity contribution in [3.05, 3.63) is 76.2 Å². The molecule has 4 rings (SSSR count).